The first-order chi connectivity index (χ1) is 13.2. The average molecular weight is 390 g/mol. The number of benzene rings is 1. The van der Waals surface area contributed by atoms with Gasteiger partial charge in [0.1, 0.15) is 24.5 Å². The fraction of sp³-hybridized carbons (Fsp3) is 0.526. The first-order valence-corrected chi connectivity index (χ1v) is 9.24. The number of imide groups is 1. The summed E-state index contributed by atoms with van der Waals surface area (Å²) in [6, 6.07) is 2.13. The van der Waals surface area contributed by atoms with E-state index in [0.717, 1.165) is 21.6 Å². The molecule has 2 fully saturated rings. The minimum atomic E-state index is -1.03. The Morgan fingerprint density at radius 3 is 2.61 bits per heavy atom. The molecule has 5 amide bonds. The van der Waals surface area contributed by atoms with Crippen LogP contribution >= 0.6 is 0 Å². The number of aliphatic hydroxyl groups excluding tert-OH is 1. The number of nitrogens with zero attached hydrogens (tertiary/aromatic N) is 3. The number of piperazine rings is 1. The molecule has 28 heavy (non-hydrogen) atoms. The maximum atomic E-state index is 12.6. The molecule has 3 rings (SSSR count). The molecule has 2 aliphatic heterocycles. The molecule has 0 spiro atoms. The van der Waals surface area contributed by atoms with Gasteiger partial charge in [0.05, 0.1) is 13.1 Å². The summed E-state index contributed by atoms with van der Waals surface area (Å²) in [5.41, 5.74) is 8.30. The number of primary amides is 1. The highest BCUT2D eigenvalue weighted by Crippen LogP contribution is 2.26. The maximum absolute atomic E-state index is 12.6. The molecule has 0 saturated carbocycles. The predicted molar refractivity (Wildman–Crippen MR) is 101 cm³/mol. The molecule has 0 bridgehead atoms. The SMILES string of the molecule is Cc1ccc(C)c(OC[C@H](O)CN2C(=O)[C@@H]3CN(C(N)=O)CCN3C2=O)c1C. The van der Waals surface area contributed by atoms with Crippen molar-refractivity contribution in [1.29, 1.82) is 0 Å². The van der Waals surface area contributed by atoms with Gasteiger partial charge in [0.25, 0.3) is 5.91 Å². The van der Waals surface area contributed by atoms with E-state index < -0.39 is 30.1 Å². The van der Waals surface area contributed by atoms with E-state index >= 15 is 0 Å². The number of nitrogens with two attached hydrogens (primary N) is 1. The van der Waals surface area contributed by atoms with Crippen LogP contribution in [0.3, 0.4) is 0 Å². The highest BCUT2D eigenvalue weighted by molar-refractivity contribution is 6.04. The molecule has 9 heteroatoms. The van der Waals surface area contributed by atoms with Gasteiger partial charge in [-0.2, -0.15) is 0 Å². The molecule has 0 radical (unpaired) electrons. The highest BCUT2D eigenvalue weighted by atomic mass is 16.5. The molecule has 0 unspecified atom stereocenters. The number of ether oxygens (including phenoxy) is 1. The van der Waals surface area contributed by atoms with Gasteiger partial charge in [0.2, 0.25) is 0 Å². The second-order valence-corrected chi connectivity index (χ2v) is 7.34. The maximum Gasteiger partial charge on any atom is 0.327 e. The van der Waals surface area contributed by atoms with Crippen molar-refractivity contribution < 1.29 is 24.2 Å². The summed E-state index contributed by atoms with van der Waals surface area (Å²) < 4.78 is 5.78. The van der Waals surface area contributed by atoms with Gasteiger partial charge >= 0.3 is 12.1 Å². The molecule has 2 saturated heterocycles. The van der Waals surface area contributed by atoms with Crippen molar-refractivity contribution in [2.45, 2.75) is 32.9 Å². The van der Waals surface area contributed by atoms with E-state index in [2.05, 4.69) is 0 Å². The van der Waals surface area contributed by atoms with Gasteiger partial charge in [0, 0.05) is 13.1 Å². The van der Waals surface area contributed by atoms with Crippen LogP contribution < -0.4 is 10.5 Å². The molecule has 2 atom stereocenters. The first kappa shape index (κ1) is 19.9. The van der Waals surface area contributed by atoms with Crippen LogP contribution in [0.5, 0.6) is 5.75 Å². The van der Waals surface area contributed by atoms with Gasteiger partial charge in [0.15, 0.2) is 0 Å². The monoisotopic (exact) mass is 390 g/mol. The van der Waals surface area contributed by atoms with E-state index in [0.29, 0.717) is 5.75 Å². The third-order valence-electron chi connectivity index (χ3n) is 5.41. The number of carbonyl (C=O) groups excluding carboxylic acids is 3. The van der Waals surface area contributed by atoms with Crippen molar-refractivity contribution in [3.05, 3.63) is 28.8 Å². The lowest BCUT2D eigenvalue weighted by Crippen LogP contribution is -2.55. The van der Waals surface area contributed by atoms with Crippen molar-refractivity contribution in [3.63, 3.8) is 0 Å². The number of hydrogen-bond donors (Lipinski definition) is 2. The Morgan fingerprint density at radius 2 is 1.93 bits per heavy atom. The van der Waals surface area contributed by atoms with E-state index in [-0.39, 0.29) is 32.8 Å². The molecule has 0 aliphatic carbocycles. The van der Waals surface area contributed by atoms with Gasteiger partial charge in [-0.25, -0.2) is 9.59 Å². The second-order valence-electron chi connectivity index (χ2n) is 7.34. The normalized spacial score (nSPS) is 20.4. The van der Waals surface area contributed by atoms with Crippen LogP contribution in [-0.4, -0.2) is 82.7 Å². The quantitative estimate of drug-likeness (QED) is 0.705. The third-order valence-corrected chi connectivity index (χ3v) is 5.41. The lowest BCUT2D eigenvalue weighted by atomic mass is 10.1. The van der Waals surface area contributed by atoms with E-state index in [1.807, 2.05) is 32.9 Å². The molecule has 9 nitrogen and oxygen atoms in total. The number of urea groups is 2. The van der Waals surface area contributed by atoms with E-state index in [9.17, 15) is 19.5 Å². The Kier molecular flexibility index (Phi) is 5.46. The number of hydrogen-bond acceptors (Lipinski definition) is 5. The molecule has 2 heterocycles. The second kappa shape index (κ2) is 7.67. The van der Waals surface area contributed by atoms with Crippen LogP contribution in [0.1, 0.15) is 16.7 Å². The Hall–Kier alpha value is -2.81. The minimum absolute atomic E-state index is 0.0414. The molecule has 3 N–H and O–H groups in total. The van der Waals surface area contributed by atoms with Crippen molar-refractivity contribution in [2.75, 3.05) is 32.8 Å². The number of aryl methyl sites for hydroxylation is 2. The van der Waals surface area contributed by atoms with Crippen molar-refractivity contribution in [1.82, 2.24) is 14.7 Å². The summed E-state index contributed by atoms with van der Waals surface area (Å²) in [5, 5.41) is 10.4. The van der Waals surface area contributed by atoms with Crippen LogP contribution in [-0.2, 0) is 4.79 Å². The number of amides is 5. The van der Waals surface area contributed by atoms with Crippen molar-refractivity contribution in [3.8, 4) is 5.75 Å². The average Bonchev–Trinajstić information content (AvgIpc) is 2.89. The Labute approximate surface area is 163 Å². The number of fused-ring (bicyclic) bond motifs is 1. The molecule has 1 aromatic rings. The zero-order chi connectivity index (χ0) is 20.6. The van der Waals surface area contributed by atoms with Crippen LogP contribution in [0.4, 0.5) is 9.59 Å². The van der Waals surface area contributed by atoms with Crippen molar-refractivity contribution >= 4 is 18.0 Å². The van der Waals surface area contributed by atoms with Gasteiger partial charge in [-0.1, -0.05) is 12.1 Å². The standard InChI is InChI=1S/C19H26N4O5/c1-11-4-5-12(2)16(13(11)3)28-10-14(24)8-23-17(25)15-9-21(18(20)26)6-7-22(15)19(23)27/h4-5,14-15,24H,6-10H2,1-3H3,(H2,20,26)/t14-,15+/m1/s1. The fourth-order valence-corrected chi connectivity index (χ4v) is 3.61. The van der Waals surface area contributed by atoms with Gasteiger partial charge < -0.3 is 25.4 Å². The van der Waals surface area contributed by atoms with Gasteiger partial charge in [-0.05, 0) is 37.5 Å². The highest BCUT2D eigenvalue weighted by Gasteiger charge is 2.48. The lowest BCUT2D eigenvalue weighted by molar-refractivity contribution is -0.130. The number of rotatable bonds is 5. The number of aliphatic hydroxyl groups is 1. The Morgan fingerprint density at radius 1 is 1.25 bits per heavy atom. The zero-order valence-corrected chi connectivity index (χ0v) is 16.3. The number of carbonyl (C=O) groups is 3. The van der Waals surface area contributed by atoms with Crippen LogP contribution in [0.2, 0.25) is 0 Å². The summed E-state index contributed by atoms with van der Waals surface area (Å²) in [7, 11) is 0. The topological polar surface area (TPSA) is 116 Å². The summed E-state index contributed by atoms with van der Waals surface area (Å²) in [4.78, 5) is 40.3. The van der Waals surface area contributed by atoms with Gasteiger partial charge in [-0.3, -0.25) is 9.69 Å². The van der Waals surface area contributed by atoms with Crippen LogP contribution in [0, 0.1) is 20.8 Å². The number of β-amino-alcohol motifs (C(OH)–C–C–N with tert-alkyl or cyclic N) is 1. The summed E-state index contributed by atoms with van der Waals surface area (Å²) >= 11 is 0. The largest absolute Gasteiger partial charge is 0.490 e. The van der Waals surface area contributed by atoms with Crippen LogP contribution in [0.25, 0.3) is 0 Å². The third kappa shape index (κ3) is 3.62. The molecule has 2 aliphatic rings. The van der Waals surface area contributed by atoms with E-state index in [4.69, 9.17) is 10.5 Å². The molecule has 1 aromatic carbocycles. The van der Waals surface area contributed by atoms with Crippen LogP contribution in [0.15, 0.2) is 12.1 Å². The van der Waals surface area contributed by atoms with E-state index in [1.165, 1.54) is 9.80 Å². The summed E-state index contributed by atoms with van der Waals surface area (Å²) in [6.07, 6.45) is -1.03. The van der Waals surface area contributed by atoms with Gasteiger partial charge in [-0.15, -0.1) is 0 Å². The van der Waals surface area contributed by atoms with Crippen molar-refractivity contribution in [2.24, 2.45) is 5.73 Å². The fourth-order valence-electron chi connectivity index (χ4n) is 3.61. The lowest BCUT2D eigenvalue weighted by Gasteiger charge is -2.34. The Bertz CT molecular complexity index is 812. The first-order valence-electron chi connectivity index (χ1n) is 9.24. The minimum Gasteiger partial charge on any atom is -0.490 e. The smallest absolute Gasteiger partial charge is 0.327 e. The Balaban J connectivity index is 1.62. The molecule has 0 aromatic heterocycles. The zero-order valence-electron chi connectivity index (χ0n) is 16.3. The summed E-state index contributed by atoms with van der Waals surface area (Å²) in [6.45, 7) is 6.24. The predicted octanol–water partition coefficient (Wildman–Crippen LogP) is 0.379. The molecular weight excluding hydrogens is 364 g/mol. The summed E-state index contributed by atoms with van der Waals surface area (Å²) in [5.74, 6) is 0.269. The molecule has 152 valence electrons. The van der Waals surface area contributed by atoms with E-state index in [1.54, 1.807) is 0 Å². The molecular formula is C19H26N4O5.